The highest BCUT2D eigenvalue weighted by Crippen LogP contribution is 2.35. The molecule has 2 aromatic heterocycles. The molecule has 10 nitrogen and oxygen atoms in total. The second-order valence-electron chi connectivity index (χ2n) is 7.83. The Morgan fingerprint density at radius 2 is 2.03 bits per heavy atom. The molecular formula is C20H21N5O5. The fourth-order valence-electron chi connectivity index (χ4n) is 4.48. The van der Waals surface area contributed by atoms with Crippen LogP contribution in [0.4, 0.5) is 15.3 Å². The van der Waals surface area contributed by atoms with Gasteiger partial charge in [0.05, 0.1) is 28.3 Å². The molecule has 2 aliphatic rings. The first-order valence-electron chi connectivity index (χ1n) is 9.92. The lowest BCUT2D eigenvalue weighted by Crippen LogP contribution is -2.37. The van der Waals surface area contributed by atoms with Gasteiger partial charge >= 0.3 is 12.2 Å². The number of H-pyrrole nitrogens is 1. The van der Waals surface area contributed by atoms with Gasteiger partial charge in [0.1, 0.15) is 12.3 Å². The van der Waals surface area contributed by atoms with Crippen LogP contribution < -0.4 is 10.5 Å². The number of likely N-dealkylation sites (tertiary alicyclic amines) is 1. The van der Waals surface area contributed by atoms with E-state index in [-0.39, 0.29) is 17.5 Å². The monoisotopic (exact) mass is 411 g/mol. The molecule has 4 heterocycles. The summed E-state index contributed by atoms with van der Waals surface area (Å²) in [6, 6.07) is 6.89. The summed E-state index contributed by atoms with van der Waals surface area (Å²) in [5.41, 5.74) is 2.32. The number of anilines is 1. The summed E-state index contributed by atoms with van der Waals surface area (Å²) in [6.45, 7) is 3.03. The van der Waals surface area contributed by atoms with Crippen molar-refractivity contribution in [3.63, 3.8) is 0 Å². The number of benzene rings is 1. The lowest BCUT2D eigenvalue weighted by molar-refractivity contribution is 0.131. The van der Waals surface area contributed by atoms with Crippen molar-refractivity contribution >= 4 is 34.4 Å². The molecule has 0 spiro atoms. The summed E-state index contributed by atoms with van der Waals surface area (Å²) < 4.78 is 6.90. The number of fused-ring (bicyclic) bond motifs is 3. The molecular weight excluding hydrogens is 390 g/mol. The summed E-state index contributed by atoms with van der Waals surface area (Å²) >= 11 is 0. The normalized spacial score (nSPS) is 20.3. The summed E-state index contributed by atoms with van der Waals surface area (Å²) in [7, 11) is 0. The highest BCUT2D eigenvalue weighted by atomic mass is 16.6. The Labute approximate surface area is 170 Å². The molecule has 156 valence electrons. The number of amides is 2. The van der Waals surface area contributed by atoms with Gasteiger partial charge in [0.25, 0.3) is 5.56 Å². The second kappa shape index (κ2) is 6.75. The van der Waals surface area contributed by atoms with Crippen LogP contribution in [0.15, 0.2) is 29.1 Å². The van der Waals surface area contributed by atoms with E-state index in [4.69, 9.17) is 9.84 Å². The minimum Gasteiger partial charge on any atom is -0.465 e. The molecule has 30 heavy (non-hydrogen) atoms. The molecule has 0 radical (unpaired) electrons. The largest absolute Gasteiger partial charge is 0.465 e. The Balaban J connectivity index is 1.66. The van der Waals surface area contributed by atoms with Gasteiger partial charge in [-0.3, -0.25) is 9.69 Å². The topological polar surface area (TPSA) is 120 Å². The number of cyclic esters (lactones) is 1. The number of carbonyl (C=O) groups is 2. The van der Waals surface area contributed by atoms with Gasteiger partial charge in [0.2, 0.25) is 0 Å². The average Bonchev–Trinajstić information content (AvgIpc) is 3.27. The third kappa shape index (κ3) is 2.78. The molecule has 3 aromatic rings. The zero-order valence-electron chi connectivity index (χ0n) is 16.4. The van der Waals surface area contributed by atoms with Gasteiger partial charge in [0.15, 0.2) is 0 Å². The van der Waals surface area contributed by atoms with Crippen LogP contribution in [-0.2, 0) is 4.74 Å². The first kappa shape index (κ1) is 18.5. The van der Waals surface area contributed by atoms with Gasteiger partial charge in [-0.15, -0.1) is 0 Å². The molecule has 5 rings (SSSR count). The second-order valence-corrected chi connectivity index (χ2v) is 7.83. The van der Waals surface area contributed by atoms with Crippen molar-refractivity contribution in [2.75, 3.05) is 24.6 Å². The number of aromatic amines is 1. The van der Waals surface area contributed by atoms with Crippen LogP contribution >= 0.6 is 0 Å². The van der Waals surface area contributed by atoms with Crippen molar-refractivity contribution in [3.05, 3.63) is 40.3 Å². The van der Waals surface area contributed by atoms with Crippen molar-refractivity contribution in [1.29, 1.82) is 0 Å². The zero-order chi connectivity index (χ0) is 21.0. The summed E-state index contributed by atoms with van der Waals surface area (Å²) in [5, 5.41) is 14.6. The predicted molar refractivity (Wildman–Crippen MR) is 108 cm³/mol. The number of hydrogen-bond acceptors (Lipinski definition) is 5. The molecule has 0 bridgehead atoms. The lowest BCUT2D eigenvalue weighted by atomic mass is 9.93. The molecule has 0 aliphatic carbocycles. The van der Waals surface area contributed by atoms with Crippen molar-refractivity contribution in [3.8, 4) is 0 Å². The molecule has 2 aliphatic heterocycles. The fourth-order valence-corrected chi connectivity index (χ4v) is 4.48. The van der Waals surface area contributed by atoms with Crippen LogP contribution in [0.1, 0.15) is 31.4 Å². The standard InChI is InChI=1S/C20H21N5O5/c1-11-10-30-20(29)24(11)14-4-2-3-13-17(14)18-21-16(26)9-15(25(18)22-13)12-5-7-23(8-6-12)19(27)28/h2-4,9,11-12H,5-8,10H2,1H3,(H,21,26)(H,27,28)/t11-/m1/s1. The molecule has 1 atom stereocenters. The third-order valence-corrected chi connectivity index (χ3v) is 5.97. The number of aromatic nitrogens is 3. The molecule has 2 saturated heterocycles. The number of carboxylic acid groups (broad SMARTS) is 1. The fraction of sp³-hybridized carbons (Fsp3) is 0.400. The highest BCUT2D eigenvalue weighted by molar-refractivity contribution is 6.07. The van der Waals surface area contributed by atoms with Crippen molar-refractivity contribution < 1.29 is 19.4 Å². The summed E-state index contributed by atoms with van der Waals surface area (Å²) in [5.74, 6) is 0.0128. The van der Waals surface area contributed by atoms with E-state index in [1.165, 1.54) is 11.0 Å². The molecule has 0 unspecified atom stereocenters. The maximum Gasteiger partial charge on any atom is 0.414 e. The van der Waals surface area contributed by atoms with Crippen LogP contribution in [-0.4, -0.2) is 62.5 Å². The van der Waals surface area contributed by atoms with Gasteiger partial charge in [-0.2, -0.15) is 5.10 Å². The van der Waals surface area contributed by atoms with Crippen LogP contribution in [0, 0.1) is 0 Å². The predicted octanol–water partition coefficient (Wildman–Crippen LogP) is 2.38. The number of carbonyl (C=O) groups excluding carboxylic acids is 1. The van der Waals surface area contributed by atoms with Crippen LogP contribution in [0.3, 0.4) is 0 Å². The molecule has 2 fully saturated rings. The summed E-state index contributed by atoms with van der Waals surface area (Å²) in [4.78, 5) is 41.9. The van der Waals surface area contributed by atoms with E-state index < -0.39 is 12.2 Å². The minimum atomic E-state index is -0.925. The van der Waals surface area contributed by atoms with Gasteiger partial charge in [-0.05, 0) is 31.9 Å². The quantitative estimate of drug-likeness (QED) is 0.668. The molecule has 2 N–H and O–H groups in total. The van der Waals surface area contributed by atoms with Crippen molar-refractivity contribution in [2.24, 2.45) is 0 Å². The maximum absolute atomic E-state index is 12.5. The Morgan fingerprint density at radius 3 is 2.70 bits per heavy atom. The third-order valence-electron chi connectivity index (χ3n) is 5.97. The minimum absolute atomic E-state index is 0.0128. The van der Waals surface area contributed by atoms with Gasteiger partial charge < -0.3 is 19.7 Å². The van der Waals surface area contributed by atoms with E-state index in [9.17, 15) is 19.5 Å². The highest BCUT2D eigenvalue weighted by Gasteiger charge is 2.33. The Kier molecular flexibility index (Phi) is 4.16. The maximum atomic E-state index is 12.5. The van der Waals surface area contributed by atoms with E-state index in [0.717, 1.165) is 5.69 Å². The van der Waals surface area contributed by atoms with E-state index in [2.05, 4.69) is 4.98 Å². The van der Waals surface area contributed by atoms with Crippen molar-refractivity contribution in [1.82, 2.24) is 19.5 Å². The van der Waals surface area contributed by atoms with Gasteiger partial charge in [-0.25, -0.2) is 14.1 Å². The smallest absolute Gasteiger partial charge is 0.414 e. The van der Waals surface area contributed by atoms with E-state index in [1.54, 1.807) is 9.42 Å². The van der Waals surface area contributed by atoms with E-state index in [1.807, 2.05) is 25.1 Å². The number of nitrogens with zero attached hydrogens (tertiary/aromatic N) is 4. The van der Waals surface area contributed by atoms with E-state index in [0.29, 0.717) is 54.8 Å². The number of piperidine rings is 1. The van der Waals surface area contributed by atoms with Crippen molar-refractivity contribution in [2.45, 2.75) is 31.7 Å². The van der Waals surface area contributed by atoms with Crippen LogP contribution in [0.25, 0.3) is 16.6 Å². The number of ether oxygens (including phenoxy) is 1. The number of nitrogens with one attached hydrogen (secondary N) is 1. The number of hydrogen-bond donors (Lipinski definition) is 2. The van der Waals surface area contributed by atoms with Gasteiger partial charge in [-0.1, -0.05) is 6.07 Å². The molecule has 10 heteroatoms. The SMILES string of the molecule is C[C@@H]1COC(=O)N1c1cccc2nn3c(C4CCN(C(=O)O)CC4)cc(=O)[nH]c3c12. The zero-order valence-corrected chi connectivity index (χ0v) is 16.4. The first-order valence-corrected chi connectivity index (χ1v) is 9.92. The summed E-state index contributed by atoms with van der Waals surface area (Å²) in [6.07, 6.45) is -0.119. The molecule has 0 saturated carbocycles. The number of rotatable bonds is 2. The van der Waals surface area contributed by atoms with Gasteiger partial charge in [0, 0.05) is 25.1 Å². The molecule has 2 amide bonds. The molecule has 1 aromatic carbocycles. The van der Waals surface area contributed by atoms with Crippen LogP contribution in [0.2, 0.25) is 0 Å². The van der Waals surface area contributed by atoms with Crippen LogP contribution in [0.5, 0.6) is 0 Å². The lowest BCUT2D eigenvalue weighted by Gasteiger charge is -2.30. The Bertz CT molecular complexity index is 1220. The van der Waals surface area contributed by atoms with E-state index >= 15 is 0 Å². The first-order chi connectivity index (χ1) is 14.4. The Hall–Kier alpha value is -3.56. The Morgan fingerprint density at radius 1 is 1.27 bits per heavy atom. The average molecular weight is 411 g/mol.